The number of hydrogen-bond donors (Lipinski definition) is 0. The minimum Gasteiger partial charge on any atom is -0.273 e. The Hall–Kier alpha value is -1.35. The van der Waals surface area contributed by atoms with E-state index >= 15 is 0 Å². The van der Waals surface area contributed by atoms with Crippen molar-refractivity contribution in [2.24, 2.45) is 5.10 Å². The fourth-order valence-electron chi connectivity index (χ4n) is 1.28. The standard InChI is InChI=1S/C10H9ClN2O/c11-9-3-1-8(2-4-9)7-13-10(14)5-6-12-13/h1-4,6H,5,7H2. The zero-order chi connectivity index (χ0) is 9.97. The molecule has 0 saturated carbocycles. The molecule has 4 heteroatoms. The summed E-state index contributed by atoms with van der Waals surface area (Å²) in [4.78, 5) is 11.2. The van der Waals surface area contributed by atoms with Crippen molar-refractivity contribution in [3.05, 3.63) is 34.9 Å². The summed E-state index contributed by atoms with van der Waals surface area (Å²) in [6, 6.07) is 7.40. The van der Waals surface area contributed by atoms with Crippen LogP contribution in [0.2, 0.25) is 5.02 Å². The lowest BCUT2D eigenvalue weighted by molar-refractivity contribution is -0.129. The van der Waals surface area contributed by atoms with Gasteiger partial charge < -0.3 is 0 Å². The molecule has 0 saturated heterocycles. The highest BCUT2D eigenvalue weighted by molar-refractivity contribution is 6.30. The van der Waals surface area contributed by atoms with E-state index < -0.39 is 0 Å². The van der Waals surface area contributed by atoms with Crippen LogP contribution in [0.4, 0.5) is 0 Å². The van der Waals surface area contributed by atoms with E-state index in [2.05, 4.69) is 5.10 Å². The number of benzene rings is 1. The number of carbonyl (C=O) groups is 1. The van der Waals surface area contributed by atoms with Crippen LogP contribution in [0.15, 0.2) is 29.4 Å². The highest BCUT2D eigenvalue weighted by atomic mass is 35.5. The first-order valence-electron chi connectivity index (χ1n) is 4.33. The molecule has 0 aliphatic carbocycles. The number of hydrazone groups is 1. The molecule has 2 rings (SSSR count). The van der Waals surface area contributed by atoms with E-state index in [1.165, 1.54) is 5.01 Å². The lowest BCUT2D eigenvalue weighted by Gasteiger charge is -2.11. The Labute approximate surface area is 87.0 Å². The van der Waals surface area contributed by atoms with Gasteiger partial charge in [-0.2, -0.15) is 5.10 Å². The Morgan fingerprint density at radius 3 is 2.64 bits per heavy atom. The molecular weight excluding hydrogens is 200 g/mol. The maximum atomic E-state index is 11.2. The molecule has 0 bridgehead atoms. The largest absolute Gasteiger partial charge is 0.273 e. The normalized spacial score (nSPS) is 15.2. The minimum atomic E-state index is 0.0416. The van der Waals surface area contributed by atoms with E-state index in [1.54, 1.807) is 18.3 Å². The molecule has 1 aliphatic rings. The Kier molecular flexibility index (Phi) is 2.50. The highest BCUT2D eigenvalue weighted by Crippen LogP contribution is 2.13. The minimum absolute atomic E-state index is 0.0416. The van der Waals surface area contributed by atoms with Crippen molar-refractivity contribution in [1.82, 2.24) is 5.01 Å². The third kappa shape index (κ3) is 1.93. The second-order valence-electron chi connectivity index (χ2n) is 3.08. The van der Waals surface area contributed by atoms with Crippen LogP contribution in [-0.4, -0.2) is 17.1 Å². The summed E-state index contributed by atoms with van der Waals surface area (Å²) in [7, 11) is 0. The maximum Gasteiger partial charge on any atom is 0.248 e. The summed E-state index contributed by atoms with van der Waals surface area (Å²) in [5.74, 6) is 0.0416. The summed E-state index contributed by atoms with van der Waals surface area (Å²) in [6.45, 7) is 0.520. The third-order valence-corrected chi connectivity index (χ3v) is 2.27. The number of halogens is 1. The number of amides is 1. The molecule has 1 amide bonds. The van der Waals surface area contributed by atoms with Gasteiger partial charge in [0.05, 0.1) is 13.0 Å². The summed E-state index contributed by atoms with van der Waals surface area (Å²) >= 11 is 5.75. The van der Waals surface area contributed by atoms with E-state index in [4.69, 9.17) is 11.6 Å². The Morgan fingerprint density at radius 1 is 1.36 bits per heavy atom. The third-order valence-electron chi connectivity index (χ3n) is 2.02. The smallest absolute Gasteiger partial charge is 0.248 e. The Balaban J connectivity index is 2.07. The first-order chi connectivity index (χ1) is 6.75. The molecule has 0 N–H and O–H groups in total. The molecule has 3 nitrogen and oxygen atoms in total. The van der Waals surface area contributed by atoms with Crippen molar-refractivity contribution in [2.75, 3.05) is 0 Å². The maximum absolute atomic E-state index is 11.2. The summed E-state index contributed by atoms with van der Waals surface area (Å²) in [5.41, 5.74) is 1.03. The number of hydrogen-bond acceptors (Lipinski definition) is 2. The molecule has 0 radical (unpaired) electrons. The van der Waals surface area contributed by atoms with E-state index in [9.17, 15) is 4.79 Å². The van der Waals surface area contributed by atoms with Gasteiger partial charge in [0.25, 0.3) is 0 Å². The summed E-state index contributed by atoms with van der Waals surface area (Å²) in [5, 5.41) is 6.12. The number of nitrogens with zero attached hydrogens (tertiary/aromatic N) is 2. The van der Waals surface area contributed by atoms with Crippen LogP contribution in [0.3, 0.4) is 0 Å². The molecule has 1 aromatic carbocycles. The summed E-state index contributed by atoms with van der Waals surface area (Å²) in [6.07, 6.45) is 2.03. The quantitative estimate of drug-likeness (QED) is 0.732. The van der Waals surface area contributed by atoms with E-state index in [0.717, 1.165) is 5.56 Å². The van der Waals surface area contributed by atoms with Gasteiger partial charge in [0.1, 0.15) is 0 Å². The molecule has 0 fully saturated rings. The van der Waals surface area contributed by atoms with Crippen molar-refractivity contribution in [3.63, 3.8) is 0 Å². The number of rotatable bonds is 2. The monoisotopic (exact) mass is 208 g/mol. The molecule has 14 heavy (non-hydrogen) atoms. The van der Waals surface area contributed by atoms with Crippen LogP contribution in [0.25, 0.3) is 0 Å². The van der Waals surface area contributed by atoms with Crippen molar-refractivity contribution in [2.45, 2.75) is 13.0 Å². The molecule has 72 valence electrons. The van der Waals surface area contributed by atoms with Gasteiger partial charge in [-0.1, -0.05) is 23.7 Å². The Morgan fingerprint density at radius 2 is 2.07 bits per heavy atom. The van der Waals surface area contributed by atoms with Gasteiger partial charge in [0.15, 0.2) is 0 Å². The first kappa shape index (κ1) is 9.21. The van der Waals surface area contributed by atoms with Crippen molar-refractivity contribution in [3.8, 4) is 0 Å². The lowest BCUT2D eigenvalue weighted by Crippen LogP contribution is -2.19. The summed E-state index contributed by atoms with van der Waals surface area (Å²) < 4.78 is 0. The SMILES string of the molecule is O=C1CC=NN1Cc1ccc(Cl)cc1. The second-order valence-corrected chi connectivity index (χ2v) is 3.52. The number of carbonyl (C=O) groups excluding carboxylic acids is 1. The van der Waals surface area contributed by atoms with Crippen LogP contribution in [0, 0.1) is 0 Å². The molecule has 0 spiro atoms. The van der Waals surface area contributed by atoms with Crippen molar-refractivity contribution in [1.29, 1.82) is 0 Å². The van der Waals surface area contributed by atoms with Gasteiger partial charge >= 0.3 is 0 Å². The average Bonchev–Trinajstić information content (AvgIpc) is 2.56. The topological polar surface area (TPSA) is 32.7 Å². The van der Waals surface area contributed by atoms with E-state index in [-0.39, 0.29) is 5.91 Å². The van der Waals surface area contributed by atoms with Crippen LogP contribution in [0.1, 0.15) is 12.0 Å². The van der Waals surface area contributed by atoms with Gasteiger partial charge in [-0.25, -0.2) is 5.01 Å². The zero-order valence-corrected chi connectivity index (χ0v) is 8.24. The average molecular weight is 209 g/mol. The predicted molar refractivity (Wildman–Crippen MR) is 55.1 cm³/mol. The molecule has 0 unspecified atom stereocenters. The van der Waals surface area contributed by atoms with Crippen molar-refractivity contribution >= 4 is 23.7 Å². The molecule has 1 aliphatic heterocycles. The first-order valence-corrected chi connectivity index (χ1v) is 4.71. The predicted octanol–water partition coefficient (Wildman–Crippen LogP) is 2.06. The van der Waals surface area contributed by atoms with Gasteiger partial charge in [-0.05, 0) is 17.7 Å². The van der Waals surface area contributed by atoms with Gasteiger partial charge in [-0.15, -0.1) is 0 Å². The van der Waals surface area contributed by atoms with Crippen LogP contribution in [0.5, 0.6) is 0 Å². The van der Waals surface area contributed by atoms with E-state index in [1.807, 2.05) is 12.1 Å². The molecule has 1 heterocycles. The van der Waals surface area contributed by atoms with Crippen LogP contribution in [-0.2, 0) is 11.3 Å². The second kappa shape index (κ2) is 3.80. The van der Waals surface area contributed by atoms with E-state index in [0.29, 0.717) is 18.0 Å². The van der Waals surface area contributed by atoms with Crippen molar-refractivity contribution < 1.29 is 4.79 Å². The Bertz CT molecular complexity index is 372. The zero-order valence-electron chi connectivity index (χ0n) is 7.48. The molecule has 0 atom stereocenters. The fourth-order valence-corrected chi connectivity index (χ4v) is 1.40. The lowest BCUT2D eigenvalue weighted by atomic mass is 10.2. The highest BCUT2D eigenvalue weighted by Gasteiger charge is 2.16. The van der Waals surface area contributed by atoms with Gasteiger partial charge in [0, 0.05) is 11.2 Å². The van der Waals surface area contributed by atoms with Crippen LogP contribution >= 0.6 is 11.6 Å². The molecule has 0 aromatic heterocycles. The molecular formula is C10H9ClN2O. The van der Waals surface area contributed by atoms with Crippen LogP contribution < -0.4 is 0 Å². The fraction of sp³-hybridized carbons (Fsp3) is 0.200. The van der Waals surface area contributed by atoms with Gasteiger partial charge in [0.2, 0.25) is 5.91 Å². The molecule has 1 aromatic rings. The van der Waals surface area contributed by atoms with Gasteiger partial charge in [-0.3, -0.25) is 4.79 Å².